The molecule has 2 heterocycles. The smallest absolute Gasteiger partial charge is 0.223 e. The van der Waals surface area contributed by atoms with Gasteiger partial charge in [0, 0.05) is 35.5 Å². The van der Waals surface area contributed by atoms with Crippen LogP contribution in [0.15, 0.2) is 39.7 Å². The second kappa shape index (κ2) is 6.86. The van der Waals surface area contributed by atoms with Gasteiger partial charge in [0.25, 0.3) is 0 Å². The number of methoxy groups -OCH3 is 1. The van der Waals surface area contributed by atoms with Gasteiger partial charge in [-0.1, -0.05) is 22.0 Å². The van der Waals surface area contributed by atoms with Gasteiger partial charge in [-0.3, -0.25) is 9.69 Å². The van der Waals surface area contributed by atoms with Crippen molar-refractivity contribution in [1.82, 2.24) is 9.88 Å². The molecule has 0 aliphatic carbocycles. The van der Waals surface area contributed by atoms with E-state index < -0.39 is 0 Å². The molecule has 2 N–H and O–H groups in total. The first kappa shape index (κ1) is 16.2. The number of aromatic amines is 1. The number of pyridine rings is 1. The van der Waals surface area contributed by atoms with Crippen molar-refractivity contribution in [3.63, 3.8) is 0 Å². The molecule has 23 heavy (non-hydrogen) atoms. The van der Waals surface area contributed by atoms with Gasteiger partial charge in [-0.05, 0) is 29.7 Å². The van der Waals surface area contributed by atoms with E-state index in [1.165, 1.54) is 12.7 Å². The van der Waals surface area contributed by atoms with Crippen LogP contribution in [0, 0.1) is 0 Å². The zero-order valence-electron chi connectivity index (χ0n) is 12.9. The third kappa shape index (κ3) is 3.34. The van der Waals surface area contributed by atoms with Crippen molar-refractivity contribution in [2.75, 3.05) is 20.3 Å². The fraction of sp³-hybridized carbons (Fsp3) is 0.353. The first-order valence-electron chi connectivity index (χ1n) is 7.51. The van der Waals surface area contributed by atoms with Gasteiger partial charge in [0.2, 0.25) is 5.43 Å². The lowest BCUT2D eigenvalue weighted by Crippen LogP contribution is -2.37. The van der Waals surface area contributed by atoms with Gasteiger partial charge in [-0.25, -0.2) is 0 Å². The number of ether oxygens (including phenoxy) is 1. The average Bonchev–Trinajstić information content (AvgIpc) is 2.54. The number of fused-ring (bicyclic) bond motifs is 1. The molecule has 1 atom stereocenters. The summed E-state index contributed by atoms with van der Waals surface area (Å²) in [5.41, 5.74) is 3.09. The van der Waals surface area contributed by atoms with Crippen LogP contribution >= 0.6 is 15.9 Å². The molecule has 1 aromatic heterocycles. The van der Waals surface area contributed by atoms with Crippen molar-refractivity contribution in [3.05, 3.63) is 62.0 Å². The summed E-state index contributed by atoms with van der Waals surface area (Å²) in [5.74, 6) is 0.306. The monoisotopic (exact) mass is 378 g/mol. The zero-order valence-corrected chi connectivity index (χ0v) is 14.5. The normalized spacial score (nSPS) is 17.8. The highest BCUT2D eigenvalue weighted by atomic mass is 79.9. The molecule has 0 fully saturated rings. The Kier molecular flexibility index (Phi) is 4.84. The molecule has 2 aromatic rings. The standard InChI is InChI=1S/C17H19BrN2O3/c1-23-17-8-19-13(7-16(17)22)9-20-5-4-11-2-3-12(18)6-14(11)15(20)10-21/h2-3,6-8,15,21H,4-5,9-10H2,1H3,(H,19,22). The number of hydrogen-bond donors (Lipinski definition) is 2. The second-order valence-corrected chi connectivity index (χ2v) is 6.57. The molecule has 0 amide bonds. The van der Waals surface area contributed by atoms with E-state index in [9.17, 15) is 9.90 Å². The van der Waals surface area contributed by atoms with Gasteiger partial charge in [-0.2, -0.15) is 0 Å². The van der Waals surface area contributed by atoms with E-state index in [0.29, 0.717) is 12.3 Å². The van der Waals surface area contributed by atoms with Crippen LogP contribution in [0.1, 0.15) is 22.9 Å². The number of aliphatic hydroxyl groups is 1. The Hall–Kier alpha value is -1.63. The fourth-order valence-corrected chi connectivity index (χ4v) is 3.47. The minimum absolute atomic E-state index is 0.0455. The Morgan fingerprint density at radius 2 is 2.26 bits per heavy atom. The van der Waals surface area contributed by atoms with Crippen LogP contribution in [0.5, 0.6) is 5.75 Å². The van der Waals surface area contributed by atoms with Crippen molar-refractivity contribution < 1.29 is 9.84 Å². The number of H-pyrrole nitrogens is 1. The Labute approximate surface area is 143 Å². The van der Waals surface area contributed by atoms with Crippen LogP contribution in [0.2, 0.25) is 0 Å². The lowest BCUT2D eigenvalue weighted by atomic mass is 9.93. The second-order valence-electron chi connectivity index (χ2n) is 5.65. The minimum Gasteiger partial charge on any atom is -0.491 e. The van der Waals surface area contributed by atoms with Gasteiger partial charge in [0.05, 0.1) is 19.8 Å². The molecule has 0 saturated carbocycles. The molecule has 0 spiro atoms. The number of benzene rings is 1. The molecule has 122 valence electrons. The predicted molar refractivity (Wildman–Crippen MR) is 91.7 cm³/mol. The van der Waals surface area contributed by atoms with Gasteiger partial charge in [0.15, 0.2) is 5.75 Å². The summed E-state index contributed by atoms with van der Waals surface area (Å²) >= 11 is 3.50. The van der Waals surface area contributed by atoms with Crippen molar-refractivity contribution in [2.45, 2.75) is 19.0 Å². The molecule has 1 unspecified atom stereocenters. The number of aliphatic hydroxyl groups excluding tert-OH is 1. The Morgan fingerprint density at radius 1 is 1.43 bits per heavy atom. The summed E-state index contributed by atoms with van der Waals surface area (Å²) < 4.78 is 6.00. The number of rotatable bonds is 4. The molecule has 1 aliphatic heterocycles. The van der Waals surface area contributed by atoms with Crippen molar-refractivity contribution in [3.8, 4) is 5.75 Å². The summed E-state index contributed by atoms with van der Waals surface area (Å²) in [5, 5.41) is 9.86. The quantitative estimate of drug-likeness (QED) is 0.855. The topological polar surface area (TPSA) is 65.6 Å². The van der Waals surface area contributed by atoms with E-state index in [-0.39, 0.29) is 18.1 Å². The summed E-state index contributed by atoms with van der Waals surface area (Å²) in [6.07, 6.45) is 2.51. The average molecular weight is 379 g/mol. The third-order valence-electron chi connectivity index (χ3n) is 4.28. The largest absolute Gasteiger partial charge is 0.491 e. The molecule has 3 rings (SSSR count). The highest BCUT2D eigenvalue weighted by Crippen LogP contribution is 2.32. The first-order valence-corrected chi connectivity index (χ1v) is 8.30. The predicted octanol–water partition coefficient (Wildman–Crippen LogP) is 2.24. The summed E-state index contributed by atoms with van der Waals surface area (Å²) in [4.78, 5) is 17.2. The number of nitrogens with one attached hydrogen (secondary N) is 1. The number of nitrogens with zero attached hydrogens (tertiary/aromatic N) is 1. The maximum Gasteiger partial charge on any atom is 0.223 e. The highest BCUT2D eigenvalue weighted by Gasteiger charge is 2.27. The van der Waals surface area contributed by atoms with Crippen LogP contribution in [-0.4, -0.2) is 35.3 Å². The molecule has 1 aliphatic rings. The maximum absolute atomic E-state index is 11.9. The molecule has 5 nitrogen and oxygen atoms in total. The van der Waals surface area contributed by atoms with Crippen LogP contribution in [-0.2, 0) is 13.0 Å². The Balaban J connectivity index is 1.86. The zero-order chi connectivity index (χ0) is 16.4. The van der Waals surface area contributed by atoms with E-state index in [0.717, 1.165) is 28.7 Å². The van der Waals surface area contributed by atoms with Gasteiger partial charge in [-0.15, -0.1) is 0 Å². The Bertz CT molecular complexity index is 760. The number of hydrogen-bond acceptors (Lipinski definition) is 4. The van der Waals surface area contributed by atoms with Crippen molar-refractivity contribution in [2.24, 2.45) is 0 Å². The maximum atomic E-state index is 11.9. The van der Waals surface area contributed by atoms with Gasteiger partial charge in [0.1, 0.15) is 0 Å². The third-order valence-corrected chi connectivity index (χ3v) is 4.77. The van der Waals surface area contributed by atoms with E-state index >= 15 is 0 Å². The molecule has 0 saturated heterocycles. The van der Waals surface area contributed by atoms with Crippen LogP contribution < -0.4 is 10.2 Å². The molecule has 0 bridgehead atoms. The number of halogens is 1. The van der Waals surface area contributed by atoms with Crippen LogP contribution in [0.25, 0.3) is 0 Å². The van der Waals surface area contributed by atoms with Crippen molar-refractivity contribution in [1.29, 1.82) is 0 Å². The van der Waals surface area contributed by atoms with E-state index in [4.69, 9.17) is 4.74 Å². The molecular weight excluding hydrogens is 360 g/mol. The lowest BCUT2D eigenvalue weighted by molar-refractivity contribution is 0.107. The minimum atomic E-state index is -0.137. The Morgan fingerprint density at radius 3 is 2.96 bits per heavy atom. The summed E-state index contributed by atoms with van der Waals surface area (Å²) in [7, 11) is 1.48. The molecule has 0 radical (unpaired) electrons. The summed E-state index contributed by atoms with van der Waals surface area (Å²) in [6.45, 7) is 1.47. The fourth-order valence-electron chi connectivity index (χ4n) is 3.09. The van der Waals surface area contributed by atoms with Gasteiger partial charge >= 0.3 is 0 Å². The van der Waals surface area contributed by atoms with E-state index in [2.05, 4.69) is 37.9 Å². The van der Waals surface area contributed by atoms with E-state index in [1.807, 2.05) is 6.07 Å². The highest BCUT2D eigenvalue weighted by molar-refractivity contribution is 9.10. The van der Waals surface area contributed by atoms with Crippen molar-refractivity contribution >= 4 is 15.9 Å². The SMILES string of the molecule is COc1c[nH]c(CN2CCc3ccc(Br)cc3C2CO)cc1=O. The van der Waals surface area contributed by atoms with E-state index in [1.54, 1.807) is 12.3 Å². The number of aromatic nitrogens is 1. The first-order chi connectivity index (χ1) is 11.1. The lowest BCUT2D eigenvalue weighted by Gasteiger charge is -2.36. The summed E-state index contributed by atoms with van der Waals surface area (Å²) in [6, 6.07) is 7.70. The van der Waals surface area contributed by atoms with Crippen LogP contribution in [0.4, 0.5) is 0 Å². The molecule has 1 aromatic carbocycles. The van der Waals surface area contributed by atoms with Gasteiger partial charge < -0.3 is 14.8 Å². The molecular formula is C17H19BrN2O3. The molecule has 6 heteroatoms. The van der Waals surface area contributed by atoms with Crippen LogP contribution in [0.3, 0.4) is 0 Å².